The maximum atomic E-state index is 11.2. The number of hydrogen-bond acceptors (Lipinski definition) is 2. The van der Waals surface area contributed by atoms with Gasteiger partial charge in [-0.05, 0) is 19.3 Å². The molecule has 2 atom stereocenters. The summed E-state index contributed by atoms with van der Waals surface area (Å²) < 4.78 is 0. The summed E-state index contributed by atoms with van der Waals surface area (Å²) >= 11 is 0. The molecule has 0 heterocycles. The molecule has 0 bridgehead atoms. The van der Waals surface area contributed by atoms with Crippen molar-refractivity contribution in [1.29, 1.82) is 5.41 Å². The first kappa shape index (κ1) is 11.0. The molecular formula is C10H19N3O. The van der Waals surface area contributed by atoms with E-state index >= 15 is 0 Å². The van der Waals surface area contributed by atoms with Gasteiger partial charge in [0.15, 0.2) is 0 Å². The fourth-order valence-corrected chi connectivity index (χ4v) is 2.06. The summed E-state index contributed by atoms with van der Waals surface area (Å²) in [5.74, 6) is 0.543. The molecule has 0 saturated heterocycles. The molecule has 1 rings (SSSR count). The molecule has 2 unspecified atom stereocenters. The molecule has 1 fully saturated rings. The summed E-state index contributed by atoms with van der Waals surface area (Å²) in [6.45, 7) is 1.58. The number of hydrogen-bond donors (Lipinski definition) is 2. The maximum absolute atomic E-state index is 11.2. The molecule has 1 saturated carbocycles. The van der Waals surface area contributed by atoms with Crippen molar-refractivity contribution in [2.75, 3.05) is 7.05 Å². The SMILES string of the molecule is CC(=O)N(C)C1CCCC(C(=N)N)C1. The second kappa shape index (κ2) is 4.44. The van der Waals surface area contributed by atoms with E-state index in [9.17, 15) is 4.79 Å². The highest BCUT2D eigenvalue weighted by molar-refractivity contribution is 5.80. The Morgan fingerprint density at radius 1 is 1.50 bits per heavy atom. The normalized spacial score (nSPS) is 27.0. The number of nitrogens with one attached hydrogen (secondary N) is 1. The average Bonchev–Trinajstić information content (AvgIpc) is 2.16. The molecule has 1 aliphatic carbocycles. The first-order chi connectivity index (χ1) is 6.52. The Bertz CT molecular complexity index is 228. The molecule has 80 valence electrons. The van der Waals surface area contributed by atoms with Crippen LogP contribution in [0.25, 0.3) is 0 Å². The van der Waals surface area contributed by atoms with Gasteiger partial charge in [0.2, 0.25) is 5.91 Å². The van der Waals surface area contributed by atoms with Crippen molar-refractivity contribution in [2.45, 2.75) is 38.6 Å². The zero-order valence-corrected chi connectivity index (χ0v) is 8.92. The number of carbonyl (C=O) groups excluding carboxylic acids is 1. The summed E-state index contributed by atoms with van der Waals surface area (Å²) in [5, 5.41) is 7.40. The van der Waals surface area contributed by atoms with E-state index in [0.29, 0.717) is 0 Å². The second-order valence-electron chi connectivity index (χ2n) is 4.10. The monoisotopic (exact) mass is 197 g/mol. The molecule has 0 aromatic carbocycles. The minimum Gasteiger partial charge on any atom is -0.387 e. The fraction of sp³-hybridized carbons (Fsp3) is 0.800. The van der Waals surface area contributed by atoms with Gasteiger partial charge in [-0.3, -0.25) is 10.2 Å². The third-order valence-electron chi connectivity index (χ3n) is 3.13. The Morgan fingerprint density at radius 3 is 2.64 bits per heavy atom. The van der Waals surface area contributed by atoms with Crippen molar-refractivity contribution >= 4 is 11.7 Å². The van der Waals surface area contributed by atoms with Gasteiger partial charge in [-0.25, -0.2) is 0 Å². The molecule has 0 aromatic rings. The Morgan fingerprint density at radius 2 is 2.14 bits per heavy atom. The molecule has 14 heavy (non-hydrogen) atoms. The highest BCUT2D eigenvalue weighted by atomic mass is 16.2. The fourth-order valence-electron chi connectivity index (χ4n) is 2.06. The third-order valence-corrected chi connectivity index (χ3v) is 3.13. The number of nitrogens with zero attached hydrogens (tertiary/aromatic N) is 1. The number of nitrogens with two attached hydrogens (primary N) is 1. The van der Waals surface area contributed by atoms with E-state index in [0.717, 1.165) is 25.7 Å². The van der Waals surface area contributed by atoms with Crippen LogP contribution in [-0.4, -0.2) is 29.7 Å². The van der Waals surface area contributed by atoms with Crippen molar-refractivity contribution in [2.24, 2.45) is 11.7 Å². The highest BCUT2D eigenvalue weighted by Crippen LogP contribution is 2.26. The Balaban J connectivity index is 2.55. The van der Waals surface area contributed by atoms with Crippen molar-refractivity contribution in [1.82, 2.24) is 4.90 Å². The summed E-state index contributed by atoms with van der Waals surface area (Å²) in [6.07, 6.45) is 3.95. The van der Waals surface area contributed by atoms with Crippen LogP contribution in [0.4, 0.5) is 0 Å². The number of carbonyl (C=O) groups is 1. The first-order valence-corrected chi connectivity index (χ1v) is 5.09. The minimum atomic E-state index is 0.0965. The van der Waals surface area contributed by atoms with E-state index in [1.165, 1.54) is 0 Å². The zero-order valence-electron chi connectivity index (χ0n) is 8.92. The molecule has 1 aliphatic rings. The van der Waals surface area contributed by atoms with Crippen molar-refractivity contribution < 1.29 is 4.79 Å². The topological polar surface area (TPSA) is 70.2 Å². The summed E-state index contributed by atoms with van der Waals surface area (Å²) in [4.78, 5) is 12.9. The van der Waals surface area contributed by atoms with Gasteiger partial charge in [0.25, 0.3) is 0 Å². The van der Waals surface area contributed by atoms with Crippen molar-refractivity contribution in [3.63, 3.8) is 0 Å². The molecule has 4 nitrogen and oxygen atoms in total. The van der Waals surface area contributed by atoms with E-state index in [2.05, 4.69) is 0 Å². The standard InChI is InChI=1S/C10H19N3O/c1-7(14)13(2)9-5-3-4-8(6-9)10(11)12/h8-9H,3-6H2,1-2H3,(H3,11,12). The average molecular weight is 197 g/mol. The summed E-state index contributed by atoms with van der Waals surface area (Å²) in [6, 6.07) is 0.273. The number of amidine groups is 1. The molecule has 0 radical (unpaired) electrons. The van der Waals surface area contributed by atoms with Gasteiger partial charge in [-0.2, -0.15) is 0 Å². The van der Waals surface area contributed by atoms with Gasteiger partial charge in [0, 0.05) is 25.9 Å². The van der Waals surface area contributed by atoms with Crippen LogP contribution in [0.2, 0.25) is 0 Å². The van der Waals surface area contributed by atoms with Gasteiger partial charge in [0.05, 0.1) is 5.84 Å². The van der Waals surface area contributed by atoms with Crippen LogP contribution in [0.15, 0.2) is 0 Å². The lowest BCUT2D eigenvalue weighted by Crippen LogP contribution is -2.41. The predicted molar refractivity (Wildman–Crippen MR) is 56.1 cm³/mol. The van der Waals surface area contributed by atoms with Gasteiger partial charge >= 0.3 is 0 Å². The number of amides is 1. The van der Waals surface area contributed by atoms with Crippen molar-refractivity contribution in [3.8, 4) is 0 Å². The van der Waals surface area contributed by atoms with E-state index in [1.807, 2.05) is 7.05 Å². The van der Waals surface area contributed by atoms with Crippen LogP contribution in [0.5, 0.6) is 0 Å². The second-order valence-corrected chi connectivity index (χ2v) is 4.10. The molecule has 4 heteroatoms. The lowest BCUT2D eigenvalue weighted by Gasteiger charge is -2.34. The van der Waals surface area contributed by atoms with E-state index in [4.69, 9.17) is 11.1 Å². The van der Waals surface area contributed by atoms with E-state index in [1.54, 1.807) is 11.8 Å². The molecule has 0 aromatic heterocycles. The Hall–Kier alpha value is -1.06. The molecule has 0 spiro atoms. The lowest BCUT2D eigenvalue weighted by atomic mass is 9.84. The van der Waals surface area contributed by atoms with Crippen molar-refractivity contribution in [3.05, 3.63) is 0 Å². The van der Waals surface area contributed by atoms with Gasteiger partial charge < -0.3 is 10.6 Å². The van der Waals surface area contributed by atoms with Gasteiger partial charge in [-0.1, -0.05) is 6.42 Å². The molecule has 0 aliphatic heterocycles. The minimum absolute atomic E-state index is 0.0965. The van der Waals surface area contributed by atoms with Crippen LogP contribution in [-0.2, 0) is 4.79 Å². The maximum Gasteiger partial charge on any atom is 0.219 e. The van der Waals surface area contributed by atoms with E-state index in [-0.39, 0.29) is 23.7 Å². The van der Waals surface area contributed by atoms with Crippen LogP contribution in [0, 0.1) is 11.3 Å². The third kappa shape index (κ3) is 2.47. The van der Waals surface area contributed by atoms with Crippen LogP contribution in [0.3, 0.4) is 0 Å². The van der Waals surface area contributed by atoms with Gasteiger partial charge in [0.1, 0.15) is 0 Å². The van der Waals surface area contributed by atoms with Gasteiger partial charge in [-0.15, -0.1) is 0 Å². The molecular weight excluding hydrogens is 178 g/mol. The summed E-state index contributed by atoms with van der Waals surface area (Å²) in [7, 11) is 1.83. The Kier molecular flexibility index (Phi) is 3.49. The predicted octanol–water partition coefficient (Wildman–Crippen LogP) is 0.959. The quantitative estimate of drug-likeness (QED) is 0.511. The van der Waals surface area contributed by atoms with Crippen LogP contribution in [0.1, 0.15) is 32.6 Å². The molecule has 1 amide bonds. The first-order valence-electron chi connectivity index (χ1n) is 5.09. The lowest BCUT2D eigenvalue weighted by molar-refractivity contribution is -0.130. The smallest absolute Gasteiger partial charge is 0.219 e. The molecule has 3 N–H and O–H groups in total. The van der Waals surface area contributed by atoms with E-state index < -0.39 is 0 Å². The summed E-state index contributed by atoms with van der Waals surface area (Å²) in [5.41, 5.74) is 5.49. The highest BCUT2D eigenvalue weighted by Gasteiger charge is 2.27. The van der Waals surface area contributed by atoms with Crippen LogP contribution >= 0.6 is 0 Å². The van der Waals surface area contributed by atoms with Crippen LogP contribution < -0.4 is 5.73 Å². The zero-order chi connectivity index (χ0) is 10.7. The largest absolute Gasteiger partial charge is 0.387 e. The Labute approximate surface area is 85.0 Å². The number of rotatable bonds is 2.